The van der Waals surface area contributed by atoms with E-state index in [0.717, 1.165) is 36.8 Å². The molecule has 1 heterocycles. The highest BCUT2D eigenvalue weighted by Gasteiger charge is 2.45. The highest BCUT2D eigenvalue weighted by molar-refractivity contribution is 6.38. The molecule has 56 heavy (non-hydrogen) atoms. The summed E-state index contributed by atoms with van der Waals surface area (Å²) in [5, 5.41) is 19.5. The molecule has 1 aliphatic heterocycles. The van der Waals surface area contributed by atoms with Crippen molar-refractivity contribution < 1.29 is 48.2 Å². The average molecular weight is 785 g/mol. The third kappa shape index (κ3) is 14.0. The molecule has 0 bridgehead atoms. The lowest BCUT2D eigenvalue weighted by molar-refractivity contribution is -0.145. The van der Waals surface area contributed by atoms with Gasteiger partial charge < -0.3 is 41.7 Å². The molecule has 1 saturated carbocycles. The second kappa shape index (κ2) is 22.6. The number of amides is 6. The van der Waals surface area contributed by atoms with E-state index in [0.29, 0.717) is 38.0 Å². The molecule has 16 nitrogen and oxygen atoms in total. The number of benzene rings is 1. The molecular weight excluding hydrogens is 724 g/mol. The van der Waals surface area contributed by atoms with Crippen LogP contribution in [0.2, 0.25) is 0 Å². The minimum atomic E-state index is -1.31. The van der Waals surface area contributed by atoms with Gasteiger partial charge in [-0.05, 0) is 48.6 Å². The van der Waals surface area contributed by atoms with Gasteiger partial charge in [0.25, 0.3) is 5.91 Å². The van der Waals surface area contributed by atoms with Gasteiger partial charge in [-0.15, -0.1) is 0 Å². The zero-order valence-corrected chi connectivity index (χ0v) is 33.1. The molecule has 5 unspecified atom stereocenters. The molecule has 0 spiro atoms. The molecule has 2 aliphatic rings. The number of ether oxygens (including phenoxy) is 1. The fourth-order valence-corrected chi connectivity index (χ4v) is 7.23. The molecule has 1 saturated heterocycles. The van der Waals surface area contributed by atoms with Crippen LogP contribution in [0.1, 0.15) is 115 Å². The Labute approximate surface area is 328 Å². The number of carboxylic acids is 1. The molecular formula is C40H60N6O10. The third-order valence-electron chi connectivity index (χ3n) is 10.4. The first-order valence-electron chi connectivity index (χ1n) is 19.9. The van der Waals surface area contributed by atoms with Crippen molar-refractivity contribution >= 4 is 47.2 Å². The van der Waals surface area contributed by atoms with Gasteiger partial charge in [-0.25, -0.2) is 4.79 Å². The van der Waals surface area contributed by atoms with Crippen LogP contribution in [-0.2, 0) is 49.5 Å². The van der Waals surface area contributed by atoms with Gasteiger partial charge in [-0.2, -0.15) is 0 Å². The van der Waals surface area contributed by atoms with E-state index in [1.165, 1.54) is 4.90 Å². The van der Waals surface area contributed by atoms with Crippen molar-refractivity contribution in [3.63, 3.8) is 0 Å². The Hall–Kier alpha value is -4.86. The summed E-state index contributed by atoms with van der Waals surface area (Å²) in [4.78, 5) is 105. The van der Waals surface area contributed by atoms with E-state index in [2.05, 4.69) is 35.1 Å². The number of primary amides is 1. The Morgan fingerprint density at radius 3 is 2.14 bits per heavy atom. The summed E-state index contributed by atoms with van der Waals surface area (Å²) in [6.45, 7) is 6.40. The lowest BCUT2D eigenvalue weighted by Crippen LogP contribution is -2.58. The first kappa shape index (κ1) is 45.5. The van der Waals surface area contributed by atoms with E-state index < -0.39 is 84.7 Å². The molecule has 16 heteroatoms. The Bertz CT molecular complexity index is 1540. The zero-order chi connectivity index (χ0) is 41.4. The van der Waals surface area contributed by atoms with Crippen LogP contribution < -0.4 is 27.0 Å². The summed E-state index contributed by atoms with van der Waals surface area (Å²) >= 11 is 0. The molecule has 310 valence electrons. The zero-order valence-electron chi connectivity index (χ0n) is 33.1. The Morgan fingerprint density at radius 1 is 0.875 bits per heavy atom. The van der Waals surface area contributed by atoms with Gasteiger partial charge in [-0.1, -0.05) is 90.5 Å². The number of ketones is 1. The number of hydrogen-bond donors (Lipinski definition) is 6. The molecule has 6 amide bonds. The number of nitrogens with zero attached hydrogens (tertiary/aromatic N) is 1. The monoisotopic (exact) mass is 784 g/mol. The predicted molar refractivity (Wildman–Crippen MR) is 206 cm³/mol. The van der Waals surface area contributed by atoms with Crippen LogP contribution in [-0.4, -0.2) is 107 Å². The maximum Gasteiger partial charge on any atom is 0.329 e. The number of carboxylic acid groups (broad SMARTS) is 1. The van der Waals surface area contributed by atoms with Gasteiger partial charge in [-0.3, -0.25) is 33.6 Å². The van der Waals surface area contributed by atoms with E-state index in [-0.39, 0.29) is 37.6 Å². The topological polar surface area (TPSA) is 243 Å². The van der Waals surface area contributed by atoms with Crippen LogP contribution in [0.4, 0.5) is 0 Å². The number of unbranched alkanes of at least 4 members (excludes halogenated alkanes) is 1. The van der Waals surface area contributed by atoms with Crippen LogP contribution in [0.25, 0.3) is 0 Å². The second-order valence-corrected chi connectivity index (χ2v) is 15.1. The summed E-state index contributed by atoms with van der Waals surface area (Å²) in [7, 11) is 0. The normalized spacial score (nSPS) is 18.7. The number of nitrogens with one attached hydrogen (secondary N) is 4. The van der Waals surface area contributed by atoms with E-state index in [4.69, 9.17) is 10.5 Å². The first-order valence-corrected chi connectivity index (χ1v) is 19.9. The van der Waals surface area contributed by atoms with Crippen molar-refractivity contribution in [3.8, 4) is 0 Å². The summed E-state index contributed by atoms with van der Waals surface area (Å²) in [6.07, 6.45) is 5.38. The molecule has 3 rings (SSSR count). The Balaban J connectivity index is 1.78. The van der Waals surface area contributed by atoms with Gasteiger partial charge in [0.1, 0.15) is 24.7 Å². The van der Waals surface area contributed by atoms with Crippen LogP contribution in [0.5, 0.6) is 0 Å². The summed E-state index contributed by atoms with van der Waals surface area (Å²) in [5.74, 6) is -6.34. The van der Waals surface area contributed by atoms with E-state index >= 15 is 0 Å². The number of hydrogen-bond acceptors (Lipinski definition) is 9. The molecule has 1 aliphatic carbocycles. The SMILES string of the molecule is CCCCC(NC(=O)CNC(=O)C(=O)C(CCC)NC(=O)C1CC(OCC(=O)O)CN1C(=O)C(NC(=O)Cc1ccc(C(C)C)cc1)C1CCCCC1)C(N)=O. The van der Waals surface area contributed by atoms with Crippen molar-refractivity contribution in [1.82, 2.24) is 26.2 Å². The number of rotatable bonds is 22. The lowest BCUT2D eigenvalue weighted by atomic mass is 9.83. The standard InChI is InChI=1S/C40H60N6O10/c1-5-7-14-30(37(41)52)43-33(48)21-42-39(54)36(51)29(11-6-2)44-38(53)31-20-28(56-23-34(49)50)22-46(31)40(55)35(27-12-9-8-10-13-27)45-32(47)19-25-15-17-26(18-16-25)24(3)4/h15-18,24,27-31,35H,5-14,19-23H2,1-4H3,(H2,41,52)(H,42,54)(H,43,48)(H,44,53)(H,45,47)(H,49,50). The maximum absolute atomic E-state index is 14.5. The number of aliphatic carboxylic acids is 1. The Morgan fingerprint density at radius 2 is 1.55 bits per heavy atom. The van der Waals surface area contributed by atoms with Crippen molar-refractivity contribution in [1.29, 1.82) is 0 Å². The quantitative estimate of drug-likeness (QED) is 0.0929. The second-order valence-electron chi connectivity index (χ2n) is 15.1. The van der Waals surface area contributed by atoms with Crippen molar-refractivity contribution in [3.05, 3.63) is 35.4 Å². The fraction of sp³-hybridized carbons (Fsp3) is 0.650. The van der Waals surface area contributed by atoms with Crippen LogP contribution in [0.3, 0.4) is 0 Å². The van der Waals surface area contributed by atoms with Crippen molar-refractivity contribution in [2.24, 2.45) is 11.7 Å². The van der Waals surface area contributed by atoms with Gasteiger partial charge in [0, 0.05) is 13.0 Å². The minimum absolute atomic E-state index is 0.0399. The minimum Gasteiger partial charge on any atom is -0.480 e. The summed E-state index contributed by atoms with van der Waals surface area (Å²) < 4.78 is 5.53. The molecule has 0 radical (unpaired) electrons. The smallest absolute Gasteiger partial charge is 0.329 e. The van der Waals surface area contributed by atoms with Crippen LogP contribution in [0, 0.1) is 5.92 Å². The third-order valence-corrected chi connectivity index (χ3v) is 10.4. The molecule has 2 fully saturated rings. The van der Waals surface area contributed by atoms with E-state index in [1.54, 1.807) is 6.92 Å². The highest BCUT2D eigenvalue weighted by atomic mass is 16.5. The van der Waals surface area contributed by atoms with Crippen LogP contribution in [0.15, 0.2) is 24.3 Å². The van der Waals surface area contributed by atoms with Gasteiger partial charge >= 0.3 is 5.97 Å². The maximum atomic E-state index is 14.5. The number of carbonyl (C=O) groups is 8. The number of nitrogens with two attached hydrogens (primary N) is 1. The van der Waals surface area contributed by atoms with Gasteiger partial charge in [0.2, 0.25) is 35.3 Å². The predicted octanol–water partition coefficient (Wildman–Crippen LogP) is 1.62. The summed E-state index contributed by atoms with van der Waals surface area (Å²) in [5.41, 5.74) is 7.28. The van der Waals surface area contributed by atoms with Crippen molar-refractivity contribution in [2.75, 3.05) is 19.7 Å². The van der Waals surface area contributed by atoms with Crippen LogP contribution >= 0.6 is 0 Å². The Kier molecular flexibility index (Phi) is 18.4. The molecule has 1 aromatic carbocycles. The number of Topliss-reactive ketones (excluding diaryl/α,β-unsaturated/α-hetero) is 1. The molecule has 0 aromatic heterocycles. The van der Waals surface area contributed by atoms with E-state index in [1.807, 2.05) is 31.2 Å². The molecule has 5 atom stereocenters. The largest absolute Gasteiger partial charge is 0.480 e. The average Bonchev–Trinajstić information content (AvgIpc) is 3.61. The number of carbonyl (C=O) groups excluding carboxylic acids is 7. The van der Waals surface area contributed by atoms with Gasteiger partial charge in [0.05, 0.1) is 25.1 Å². The highest BCUT2D eigenvalue weighted by Crippen LogP contribution is 2.30. The first-order chi connectivity index (χ1) is 26.6. The molecule has 1 aromatic rings. The lowest BCUT2D eigenvalue weighted by Gasteiger charge is -2.35. The summed E-state index contributed by atoms with van der Waals surface area (Å²) in [6, 6.07) is 3.28. The van der Waals surface area contributed by atoms with Crippen molar-refractivity contribution in [2.45, 2.75) is 141 Å². The van der Waals surface area contributed by atoms with Gasteiger partial charge in [0.15, 0.2) is 0 Å². The number of likely N-dealkylation sites (tertiary alicyclic amines) is 1. The van der Waals surface area contributed by atoms with E-state index in [9.17, 15) is 43.5 Å². The molecule has 7 N–H and O–H groups in total. The fourth-order valence-electron chi connectivity index (χ4n) is 7.23.